The fourth-order valence-electron chi connectivity index (χ4n) is 3.21. The van der Waals surface area contributed by atoms with Gasteiger partial charge in [0.15, 0.2) is 0 Å². The van der Waals surface area contributed by atoms with Gasteiger partial charge in [-0.1, -0.05) is 0 Å². The largest absolute Gasteiger partial charge is 0.356 e. The fraction of sp³-hybridized carbons (Fsp3) is 0.375. The molecule has 0 radical (unpaired) electrons. The summed E-state index contributed by atoms with van der Waals surface area (Å²) in [6.07, 6.45) is 9.43. The maximum Gasteiger partial charge on any atom is 0.131 e. The van der Waals surface area contributed by atoms with Crippen molar-refractivity contribution in [3.05, 3.63) is 48.7 Å². The molecule has 1 aliphatic rings. The molecule has 0 N–H and O–H groups in total. The Bertz CT molecular complexity index is 782. The Morgan fingerprint density at radius 2 is 2.23 bits per heavy atom. The zero-order valence-corrected chi connectivity index (χ0v) is 12.6. The maximum absolute atomic E-state index is 4.79. The first-order valence-corrected chi connectivity index (χ1v) is 7.62. The van der Waals surface area contributed by atoms with E-state index in [4.69, 9.17) is 4.98 Å². The van der Waals surface area contributed by atoms with Crippen molar-refractivity contribution in [2.24, 2.45) is 0 Å². The molecule has 3 aromatic heterocycles. The number of nitrogens with zero attached hydrogens (tertiary/aromatic N) is 6. The molecule has 4 rings (SSSR count). The van der Waals surface area contributed by atoms with Crippen molar-refractivity contribution in [3.8, 4) is 0 Å². The van der Waals surface area contributed by atoms with E-state index in [-0.39, 0.29) is 0 Å². The molecule has 0 amide bonds. The quantitative estimate of drug-likeness (QED) is 0.725. The second kappa shape index (κ2) is 5.36. The van der Waals surface area contributed by atoms with Crippen LogP contribution in [0.25, 0.3) is 5.52 Å². The zero-order valence-electron chi connectivity index (χ0n) is 12.6. The molecule has 6 heteroatoms. The summed E-state index contributed by atoms with van der Waals surface area (Å²) >= 11 is 0. The topological polar surface area (TPSA) is 59.2 Å². The summed E-state index contributed by atoms with van der Waals surface area (Å²) in [5.74, 6) is 2.42. The van der Waals surface area contributed by atoms with E-state index in [2.05, 4.69) is 25.9 Å². The summed E-state index contributed by atoms with van der Waals surface area (Å²) in [4.78, 5) is 19.7. The summed E-state index contributed by atoms with van der Waals surface area (Å²) in [7, 11) is 0. The second-order valence-electron chi connectivity index (χ2n) is 5.77. The average molecular weight is 294 g/mol. The normalized spacial score (nSPS) is 18.8. The predicted octanol–water partition coefficient (Wildman–Crippen LogP) is 2.21. The van der Waals surface area contributed by atoms with E-state index in [1.54, 1.807) is 12.5 Å². The van der Waals surface area contributed by atoms with Crippen LogP contribution in [0, 0.1) is 6.92 Å². The molecule has 0 bridgehead atoms. The molecule has 3 aromatic rings. The number of rotatable bonds is 2. The van der Waals surface area contributed by atoms with Crippen molar-refractivity contribution < 1.29 is 0 Å². The van der Waals surface area contributed by atoms with Crippen LogP contribution in [0.2, 0.25) is 0 Å². The highest BCUT2D eigenvalue weighted by molar-refractivity contribution is 5.47. The summed E-state index contributed by atoms with van der Waals surface area (Å²) in [6.45, 7) is 4.03. The number of aryl methyl sites for hydroxylation is 1. The van der Waals surface area contributed by atoms with Crippen molar-refractivity contribution >= 4 is 11.3 Å². The molecule has 1 aliphatic heterocycles. The van der Waals surface area contributed by atoms with E-state index < -0.39 is 0 Å². The lowest BCUT2D eigenvalue weighted by Gasteiger charge is -2.33. The lowest BCUT2D eigenvalue weighted by molar-refractivity contribution is 0.497. The summed E-state index contributed by atoms with van der Waals surface area (Å²) in [5, 5.41) is 0. The van der Waals surface area contributed by atoms with E-state index in [0.717, 1.165) is 42.4 Å². The molecule has 112 valence electrons. The molecule has 0 aliphatic carbocycles. The molecule has 22 heavy (non-hydrogen) atoms. The van der Waals surface area contributed by atoms with Gasteiger partial charge in [-0.3, -0.25) is 4.40 Å². The third kappa shape index (κ3) is 2.30. The summed E-state index contributed by atoms with van der Waals surface area (Å²) < 4.78 is 2.02. The molecular formula is C16H18N6. The van der Waals surface area contributed by atoms with E-state index >= 15 is 0 Å². The summed E-state index contributed by atoms with van der Waals surface area (Å²) in [5.41, 5.74) is 2.27. The minimum absolute atomic E-state index is 0.433. The van der Waals surface area contributed by atoms with Crippen LogP contribution < -0.4 is 4.90 Å². The van der Waals surface area contributed by atoms with Crippen LogP contribution in [0.3, 0.4) is 0 Å². The van der Waals surface area contributed by atoms with Crippen molar-refractivity contribution in [1.29, 1.82) is 0 Å². The maximum atomic E-state index is 4.79. The number of fused-ring (bicyclic) bond motifs is 1. The van der Waals surface area contributed by atoms with Crippen LogP contribution in [0.1, 0.15) is 30.3 Å². The van der Waals surface area contributed by atoms with Crippen molar-refractivity contribution in [2.45, 2.75) is 25.7 Å². The Hall–Kier alpha value is -2.50. The van der Waals surface area contributed by atoms with Gasteiger partial charge in [-0.05, 0) is 31.9 Å². The Kier molecular flexibility index (Phi) is 3.21. The molecule has 1 unspecified atom stereocenters. The lowest BCUT2D eigenvalue weighted by atomic mass is 9.94. The van der Waals surface area contributed by atoms with Crippen LogP contribution in [0.15, 0.2) is 37.2 Å². The van der Waals surface area contributed by atoms with Crippen LogP contribution in [0.5, 0.6) is 0 Å². The highest BCUT2D eigenvalue weighted by Gasteiger charge is 2.24. The predicted molar refractivity (Wildman–Crippen MR) is 83.9 cm³/mol. The van der Waals surface area contributed by atoms with E-state index in [1.165, 1.54) is 6.42 Å². The Balaban J connectivity index is 1.63. The van der Waals surface area contributed by atoms with Gasteiger partial charge in [0.2, 0.25) is 0 Å². The van der Waals surface area contributed by atoms with Gasteiger partial charge < -0.3 is 4.90 Å². The van der Waals surface area contributed by atoms with Gasteiger partial charge in [0, 0.05) is 30.9 Å². The van der Waals surface area contributed by atoms with E-state index in [9.17, 15) is 0 Å². The van der Waals surface area contributed by atoms with Crippen molar-refractivity contribution in [3.63, 3.8) is 0 Å². The number of imidazole rings is 1. The van der Waals surface area contributed by atoms with Gasteiger partial charge in [0.25, 0.3) is 0 Å². The smallest absolute Gasteiger partial charge is 0.131 e. The number of hydrogen-bond acceptors (Lipinski definition) is 5. The van der Waals surface area contributed by atoms with Gasteiger partial charge in [-0.25, -0.2) is 19.9 Å². The highest BCUT2D eigenvalue weighted by Crippen LogP contribution is 2.28. The van der Waals surface area contributed by atoms with Crippen LogP contribution in [-0.4, -0.2) is 37.4 Å². The summed E-state index contributed by atoms with van der Waals surface area (Å²) in [6, 6.07) is 4.13. The minimum Gasteiger partial charge on any atom is -0.356 e. The fourth-order valence-corrected chi connectivity index (χ4v) is 3.21. The molecule has 1 saturated heterocycles. The van der Waals surface area contributed by atoms with Crippen molar-refractivity contribution in [1.82, 2.24) is 24.3 Å². The SMILES string of the molecule is Cc1nc(C2CCCN(c3ccncn3)C2)cc2cncn12. The third-order valence-electron chi connectivity index (χ3n) is 4.33. The molecular weight excluding hydrogens is 276 g/mol. The van der Waals surface area contributed by atoms with Crippen LogP contribution in [-0.2, 0) is 0 Å². The average Bonchev–Trinajstić information content (AvgIpc) is 3.05. The lowest BCUT2D eigenvalue weighted by Crippen LogP contribution is -2.35. The highest BCUT2D eigenvalue weighted by atomic mass is 15.2. The molecule has 1 fully saturated rings. The van der Waals surface area contributed by atoms with Gasteiger partial charge in [-0.15, -0.1) is 0 Å². The van der Waals surface area contributed by atoms with Gasteiger partial charge in [-0.2, -0.15) is 0 Å². The second-order valence-corrected chi connectivity index (χ2v) is 5.77. The number of aromatic nitrogens is 5. The molecule has 1 atom stereocenters. The van der Waals surface area contributed by atoms with Crippen LogP contribution in [0.4, 0.5) is 5.82 Å². The van der Waals surface area contributed by atoms with Gasteiger partial charge >= 0.3 is 0 Å². The van der Waals surface area contributed by atoms with Crippen molar-refractivity contribution in [2.75, 3.05) is 18.0 Å². The van der Waals surface area contributed by atoms with Crippen LogP contribution >= 0.6 is 0 Å². The number of piperidine rings is 1. The standard InChI is InChI=1S/C16H18N6/c1-12-20-15(7-14-8-18-11-22(12)14)13-3-2-6-21(9-13)16-4-5-17-10-19-16/h4-5,7-8,10-11,13H,2-3,6,9H2,1H3. The van der Waals surface area contributed by atoms with E-state index in [1.807, 2.05) is 29.9 Å². The number of anilines is 1. The molecule has 0 aromatic carbocycles. The Morgan fingerprint density at radius 1 is 1.27 bits per heavy atom. The monoisotopic (exact) mass is 294 g/mol. The third-order valence-corrected chi connectivity index (χ3v) is 4.33. The first kappa shape index (κ1) is 13.2. The zero-order chi connectivity index (χ0) is 14.9. The first-order chi connectivity index (χ1) is 10.8. The molecule has 0 spiro atoms. The molecule has 4 heterocycles. The van der Waals surface area contributed by atoms with Gasteiger partial charge in [0.05, 0.1) is 11.7 Å². The Morgan fingerprint density at radius 3 is 3.09 bits per heavy atom. The minimum atomic E-state index is 0.433. The van der Waals surface area contributed by atoms with Gasteiger partial charge in [0.1, 0.15) is 24.3 Å². The Labute approximate surface area is 128 Å². The number of hydrogen-bond donors (Lipinski definition) is 0. The van der Waals surface area contributed by atoms with E-state index in [0.29, 0.717) is 5.92 Å². The molecule has 6 nitrogen and oxygen atoms in total. The first-order valence-electron chi connectivity index (χ1n) is 7.62. The molecule has 0 saturated carbocycles.